The van der Waals surface area contributed by atoms with E-state index in [9.17, 15) is 5.11 Å². The number of aliphatic hydroxyl groups is 3. The predicted molar refractivity (Wildman–Crippen MR) is 110 cm³/mol. The molecule has 3 nitrogen and oxygen atoms in total. The van der Waals surface area contributed by atoms with Crippen LogP contribution in [0.1, 0.15) is 122 Å². The summed E-state index contributed by atoms with van der Waals surface area (Å²) in [7, 11) is 0. The third-order valence-corrected chi connectivity index (χ3v) is 6.41. The van der Waals surface area contributed by atoms with Gasteiger partial charge in [0.2, 0.25) is 0 Å². The highest BCUT2D eigenvalue weighted by Crippen LogP contribution is 2.46. The largest absolute Gasteiger partial charge is 0.396 e. The summed E-state index contributed by atoms with van der Waals surface area (Å²) in [6.45, 7) is 0.682. The molecule has 1 aliphatic carbocycles. The van der Waals surface area contributed by atoms with Gasteiger partial charge in [-0.2, -0.15) is 0 Å². The summed E-state index contributed by atoms with van der Waals surface area (Å²) >= 11 is 0. The van der Waals surface area contributed by atoms with Gasteiger partial charge in [0.15, 0.2) is 0 Å². The summed E-state index contributed by atoms with van der Waals surface area (Å²) in [5.41, 5.74) is 0.438. The molecule has 1 saturated carbocycles. The van der Waals surface area contributed by atoms with Crippen LogP contribution in [-0.2, 0) is 0 Å². The maximum absolute atomic E-state index is 10.1. The van der Waals surface area contributed by atoms with Gasteiger partial charge >= 0.3 is 0 Å². The Labute approximate surface area is 162 Å². The van der Waals surface area contributed by atoms with E-state index in [4.69, 9.17) is 10.2 Å². The monoisotopic (exact) mass is 370 g/mol. The van der Waals surface area contributed by atoms with Crippen LogP contribution in [-0.4, -0.2) is 34.6 Å². The molecule has 0 aliphatic heterocycles. The molecule has 0 saturated heterocycles. The molecule has 3 heteroatoms. The Morgan fingerprint density at radius 1 is 0.577 bits per heavy atom. The number of hydrogen-bond donors (Lipinski definition) is 3. The molecule has 0 spiro atoms. The highest BCUT2D eigenvalue weighted by atomic mass is 16.3. The molecule has 3 N–H and O–H groups in total. The fourth-order valence-corrected chi connectivity index (χ4v) is 4.75. The molecule has 0 amide bonds. The van der Waals surface area contributed by atoms with Crippen LogP contribution in [0.3, 0.4) is 0 Å². The highest BCUT2D eigenvalue weighted by Gasteiger charge is 2.37. The van der Waals surface area contributed by atoms with Gasteiger partial charge < -0.3 is 15.3 Å². The molecule has 0 aromatic rings. The van der Waals surface area contributed by atoms with Gasteiger partial charge in [0.1, 0.15) is 0 Å². The van der Waals surface area contributed by atoms with E-state index in [-0.39, 0.29) is 6.10 Å². The van der Waals surface area contributed by atoms with Crippen molar-refractivity contribution in [1.82, 2.24) is 0 Å². The van der Waals surface area contributed by atoms with Crippen LogP contribution in [0.5, 0.6) is 0 Å². The molecule has 1 atom stereocenters. The second kappa shape index (κ2) is 15.9. The summed E-state index contributed by atoms with van der Waals surface area (Å²) in [5.74, 6) is 0. The summed E-state index contributed by atoms with van der Waals surface area (Å²) < 4.78 is 0. The third kappa shape index (κ3) is 11.6. The van der Waals surface area contributed by atoms with Gasteiger partial charge in [0.05, 0.1) is 6.10 Å². The zero-order valence-electron chi connectivity index (χ0n) is 17.3. The molecule has 1 fully saturated rings. The van der Waals surface area contributed by atoms with Gasteiger partial charge in [-0.15, -0.1) is 0 Å². The number of hydrogen-bond acceptors (Lipinski definition) is 3. The number of unbranched alkanes of at least 4 members (excludes halogenated alkanes) is 12. The molecule has 0 aromatic carbocycles. The summed E-state index contributed by atoms with van der Waals surface area (Å²) in [4.78, 5) is 0. The van der Waals surface area contributed by atoms with Crippen molar-refractivity contribution in [2.45, 2.75) is 128 Å². The lowest BCUT2D eigenvalue weighted by Crippen LogP contribution is -2.18. The number of aliphatic hydroxyl groups excluding tert-OH is 3. The van der Waals surface area contributed by atoms with Crippen LogP contribution in [0.25, 0.3) is 0 Å². The van der Waals surface area contributed by atoms with Crippen molar-refractivity contribution >= 4 is 0 Å². The Balaban J connectivity index is 2.09. The van der Waals surface area contributed by atoms with Crippen LogP contribution in [0.2, 0.25) is 0 Å². The first-order valence-electron chi connectivity index (χ1n) is 11.6. The quantitative estimate of drug-likeness (QED) is 0.269. The van der Waals surface area contributed by atoms with Crippen molar-refractivity contribution in [1.29, 1.82) is 0 Å². The third-order valence-electron chi connectivity index (χ3n) is 6.41. The van der Waals surface area contributed by atoms with E-state index >= 15 is 0 Å². The lowest BCUT2D eigenvalue weighted by molar-refractivity contribution is 0.145. The van der Waals surface area contributed by atoms with Gasteiger partial charge in [-0.05, 0) is 50.4 Å². The SMILES string of the molecule is OCCCCCCCCCC1(CCCCCCCCCO)CCC(O)C1. The zero-order chi connectivity index (χ0) is 18.9. The van der Waals surface area contributed by atoms with Gasteiger partial charge in [0.25, 0.3) is 0 Å². The second-order valence-electron chi connectivity index (χ2n) is 8.79. The lowest BCUT2D eigenvalue weighted by atomic mass is 9.76. The van der Waals surface area contributed by atoms with Crippen LogP contribution in [0.4, 0.5) is 0 Å². The Hall–Kier alpha value is -0.120. The topological polar surface area (TPSA) is 60.7 Å². The summed E-state index contributed by atoms with van der Waals surface area (Å²) in [5, 5.41) is 27.7. The van der Waals surface area contributed by atoms with E-state index in [1.807, 2.05) is 0 Å². The molecule has 0 bridgehead atoms. The van der Waals surface area contributed by atoms with Crippen LogP contribution < -0.4 is 0 Å². The van der Waals surface area contributed by atoms with Crippen molar-refractivity contribution in [3.63, 3.8) is 0 Å². The Morgan fingerprint density at radius 3 is 1.31 bits per heavy atom. The molecular formula is C23H46O3. The van der Waals surface area contributed by atoms with Crippen LogP contribution in [0.15, 0.2) is 0 Å². The zero-order valence-corrected chi connectivity index (χ0v) is 17.3. The van der Waals surface area contributed by atoms with Crippen molar-refractivity contribution in [2.24, 2.45) is 5.41 Å². The Morgan fingerprint density at radius 2 is 0.962 bits per heavy atom. The number of rotatable bonds is 18. The van der Waals surface area contributed by atoms with E-state index in [0.717, 1.165) is 25.7 Å². The summed E-state index contributed by atoms with van der Waals surface area (Å²) in [6, 6.07) is 0. The molecule has 1 unspecified atom stereocenters. The molecule has 0 aromatic heterocycles. The maximum Gasteiger partial charge on any atom is 0.0545 e. The fraction of sp³-hybridized carbons (Fsp3) is 1.00. The average Bonchev–Trinajstić information content (AvgIpc) is 3.01. The average molecular weight is 371 g/mol. The minimum Gasteiger partial charge on any atom is -0.396 e. The minimum absolute atomic E-state index is 0.0491. The van der Waals surface area contributed by atoms with Gasteiger partial charge in [-0.25, -0.2) is 0 Å². The van der Waals surface area contributed by atoms with Gasteiger partial charge in [-0.3, -0.25) is 0 Å². The second-order valence-corrected chi connectivity index (χ2v) is 8.79. The smallest absolute Gasteiger partial charge is 0.0545 e. The van der Waals surface area contributed by atoms with Crippen LogP contribution >= 0.6 is 0 Å². The maximum atomic E-state index is 10.1. The molecule has 0 heterocycles. The van der Waals surface area contributed by atoms with Crippen molar-refractivity contribution in [3.8, 4) is 0 Å². The van der Waals surface area contributed by atoms with E-state index < -0.39 is 0 Å². The molecule has 0 radical (unpaired) electrons. The molecule has 1 aliphatic rings. The minimum atomic E-state index is -0.0491. The van der Waals surface area contributed by atoms with Crippen molar-refractivity contribution < 1.29 is 15.3 Å². The van der Waals surface area contributed by atoms with E-state index in [0.29, 0.717) is 18.6 Å². The Kier molecular flexibility index (Phi) is 14.6. The molecular weight excluding hydrogens is 324 g/mol. The highest BCUT2D eigenvalue weighted by molar-refractivity contribution is 4.89. The van der Waals surface area contributed by atoms with E-state index in [2.05, 4.69) is 0 Å². The van der Waals surface area contributed by atoms with E-state index in [1.54, 1.807) is 0 Å². The lowest BCUT2D eigenvalue weighted by Gasteiger charge is -2.29. The first-order valence-corrected chi connectivity index (χ1v) is 11.6. The summed E-state index contributed by atoms with van der Waals surface area (Å²) in [6.07, 6.45) is 23.3. The molecule has 26 heavy (non-hydrogen) atoms. The normalized spacial score (nSPS) is 19.3. The molecule has 1 rings (SSSR count). The van der Waals surface area contributed by atoms with Gasteiger partial charge in [0, 0.05) is 13.2 Å². The van der Waals surface area contributed by atoms with Crippen molar-refractivity contribution in [2.75, 3.05) is 13.2 Å². The van der Waals surface area contributed by atoms with Crippen molar-refractivity contribution in [3.05, 3.63) is 0 Å². The standard InChI is InChI=1S/C23H46O3/c24-19-13-9-5-1-3-7-11-16-23(18-15-22(26)21-23)17-12-8-4-2-6-10-14-20-25/h22,24-26H,1-21H2. The first-order chi connectivity index (χ1) is 12.7. The fourth-order valence-electron chi connectivity index (χ4n) is 4.75. The van der Waals surface area contributed by atoms with E-state index in [1.165, 1.54) is 96.3 Å². The first kappa shape index (κ1) is 23.9. The molecule has 156 valence electrons. The Bertz CT molecular complexity index is 286. The van der Waals surface area contributed by atoms with Gasteiger partial charge in [-0.1, -0.05) is 77.0 Å². The van der Waals surface area contributed by atoms with Crippen LogP contribution in [0, 0.1) is 5.41 Å². The predicted octanol–water partition coefficient (Wildman–Crippen LogP) is 5.74.